The van der Waals surface area contributed by atoms with Gasteiger partial charge in [-0.1, -0.05) is 33.8 Å². The summed E-state index contributed by atoms with van der Waals surface area (Å²) in [6.45, 7) is 12.7. The van der Waals surface area contributed by atoms with Crippen LogP contribution in [0.15, 0.2) is 12.2 Å². The Morgan fingerprint density at radius 1 is 1.36 bits per heavy atom. The lowest BCUT2D eigenvalue weighted by Crippen LogP contribution is -2.38. The molecule has 0 radical (unpaired) electrons. The van der Waals surface area contributed by atoms with E-state index in [1.54, 1.807) is 0 Å². The maximum Gasteiger partial charge on any atom is 0.188 e. The van der Waals surface area contributed by atoms with Crippen molar-refractivity contribution in [2.75, 3.05) is 32.8 Å². The summed E-state index contributed by atoms with van der Waals surface area (Å²) in [5, 5.41) is 9.52. The number of ether oxygens (including phenoxy) is 2. The average Bonchev–Trinajstić information content (AvgIpc) is 2.89. The first-order valence-electron chi connectivity index (χ1n) is 8.79. The second-order valence-corrected chi connectivity index (χ2v) is 7.41. The molecule has 1 fully saturated rings. The van der Waals surface area contributed by atoms with Crippen LogP contribution in [-0.4, -0.2) is 54.7 Å². The van der Waals surface area contributed by atoms with Crippen LogP contribution in [0.3, 0.4) is 0 Å². The first-order chi connectivity index (χ1) is 10.4. The van der Waals surface area contributed by atoms with Gasteiger partial charge >= 0.3 is 0 Å². The third-order valence-electron chi connectivity index (χ3n) is 5.13. The summed E-state index contributed by atoms with van der Waals surface area (Å²) in [5.41, 5.74) is -0.0732. The van der Waals surface area contributed by atoms with E-state index in [1.807, 2.05) is 0 Å². The van der Waals surface area contributed by atoms with Crippen LogP contribution in [0.2, 0.25) is 0 Å². The Labute approximate surface area is 135 Å². The zero-order valence-corrected chi connectivity index (χ0v) is 14.7. The summed E-state index contributed by atoms with van der Waals surface area (Å²) in [4.78, 5) is 2.43. The van der Waals surface area contributed by atoms with Crippen molar-refractivity contribution in [3.8, 4) is 0 Å². The SMILES string of the molecule is CCCN(CC)CC1COC2(C=CC(C(C)(C)CO)CC2)O1. The number of hydrogen-bond acceptors (Lipinski definition) is 4. The highest BCUT2D eigenvalue weighted by Crippen LogP contribution is 2.41. The molecule has 1 heterocycles. The van der Waals surface area contributed by atoms with Crippen LogP contribution in [0, 0.1) is 11.3 Å². The van der Waals surface area contributed by atoms with Gasteiger partial charge in [-0.15, -0.1) is 0 Å². The molecule has 0 aromatic carbocycles. The predicted molar refractivity (Wildman–Crippen MR) is 88.7 cm³/mol. The predicted octanol–water partition coefficient (Wildman–Crippen LogP) is 2.81. The van der Waals surface area contributed by atoms with Gasteiger partial charge in [-0.2, -0.15) is 0 Å². The maximum atomic E-state index is 9.52. The number of rotatable bonds is 7. The van der Waals surface area contributed by atoms with Gasteiger partial charge in [-0.25, -0.2) is 0 Å². The van der Waals surface area contributed by atoms with E-state index < -0.39 is 5.79 Å². The number of hydrogen-bond donors (Lipinski definition) is 1. The molecule has 0 aromatic heterocycles. The summed E-state index contributed by atoms with van der Waals surface area (Å²) < 4.78 is 12.3. The van der Waals surface area contributed by atoms with Crippen LogP contribution in [0.1, 0.15) is 47.0 Å². The minimum atomic E-state index is -0.516. The normalized spacial score (nSPS) is 32.3. The molecule has 4 nitrogen and oxygen atoms in total. The van der Waals surface area contributed by atoms with Crippen molar-refractivity contribution in [2.24, 2.45) is 11.3 Å². The van der Waals surface area contributed by atoms with Gasteiger partial charge in [0.2, 0.25) is 0 Å². The number of likely N-dealkylation sites (N-methyl/N-ethyl adjacent to an activating group) is 1. The smallest absolute Gasteiger partial charge is 0.188 e. The van der Waals surface area contributed by atoms with Gasteiger partial charge in [0.1, 0.15) is 0 Å². The van der Waals surface area contributed by atoms with Crippen molar-refractivity contribution in [3.63, 3.8) is 0 Å². The topological polar surface area (TPSA) is 41.9 Å². The molecule has 4 heteroatoms. The zero-order valence-electron chi connectivity index (χ0n) is 14.7. The molecule has 0 bridgehead atoms. The van der Waals surface area contributed by atoms with Gasteiger partial charge in [-0.05, 0) is 43.3 Å². The third-order valence-corrected chi connectivity index (χ3v) is 5.13. The standard InChI is InChI=1S/C18H33NO3/c1-5-11-19(6-2)12-16-13-21-18(22-16)9-7-15(8-10-18)17(3,4)14-20/h7,9,15-16,20H,5-6,8,10-14H2,1-4H3. The second-order valence-electron chi connectivity index (χ2n) is 7.41. The molecule has 1 spiro atoms. The molecular weight excluding hydrogens is 278 g/mol. The Balaban J connectivity index is 1.91. The van der Waals surface area contributed by atoms with Gasteiger partial charge in [0, 0.05) is 19.6 Å². The minimum Gasteiger partial charge on any atom is -0.396 e. The van der Waals surface area contributed by atoms with E-state index in [0.717, 1.165) is 32.5 Å². The van der Waals surface area contributed by atoms with Gasteiger partial charge in [0.25, 0.3) is 0 Å². The van der Waals surface area contributed by atoms with E-state index in [2.05, 4.69) is 44.7 Å². The van der Waals surface area contributed by atoms with Gasteiger partial charge in [-0.3, -0.25) is 0 Å². The molecule has 1 N–H and O–H groups in total. The monoisotopic (exact) mass is 311 g/mol. The summed E-state index contributed by atoms with van der Waals surface area (Å²) in [7, 11) is 0. The Morgan fingerprint density at radius 3 is 2.68 bits per heavy atom. The van der Waals surface area contributed by atoms with Crippen molar-refractivity contribution in [1.82, 2.24) is 4.90 Å². The molecule has 128 valence electrons. The van der Waals surface area contributed by atoms with Crippen LogP contribution in [0.4, 0.5) is 0 Å². The van der Waals surface area contributed by atoms with Crippen LogP contribution < -0.4 is 0 Å². The molecule has 0 aromatic rings. The summed E-state index contributed by atoms with van der Waals surface area (Å²) in [6, 6.07) is 0. The third kappa shape index (κ3) is 4.10. The van der Waals surface area contributed by atoms with Gasteiger partial charge in [0.05, 0.1) is 12.7 Å². The Kier molecular flexibility index (Phi) is 6.06. The van der Waals surface area contributed by atoms with E-state index >= 15 is 0 Å². The van der Waals surface area contributed by atoms with Crippen molar-refractivity contribution < 1.29 is 14.6 Å². The quantitative estimate of drug-likeness (QED) is 0.734. The molecule has 0 amide bonds. The fourth-order valence-corrected chi connectivity index (χ4v) is 3.44. The fourth-order valence-electron chi connectivity index (χ4n) is 3.44. The number of aliphatic hydroxyl groups excluding tert-OH is 1. The van der Waals surface area contributed by atoms with E-state index in [4.69, 9.17) is 9.47 Å². The molecule has 1 saturated heterocycles. The van der Waals surface area contributed by atoms with Crippen molar-refractivity contribution in [1.29, 1.82) is 0 Å². The van der Waals surface area contributed by atoms with Crippen LogP contribution in [0.5, 0.6) is 0 Å². The molecule has 3 atom stereocenters. The minimum absolute atomic E-state index is 0.0732. The maximum absolute atomic E-state index is 9.52. The lowest BCUT2D eigenvalue weighted by atomic mass is 9.74. The molecule has 1 aliphatic heterocycles. The first kappa shape index (κ1) is 17.9. The summed E-state index contributed by atoms with van der Waals surface area (Å²) >= 11 is 0. The molecule has 0 saturated carbocycles. The zero-order chi connectivity index (χ0) is 16.2. The van der Waals surface area contributed by atoms with Gasteiger partial charge < -0.3 is 19.5 Å². The number of aliphatic hydroxyl groups is 1. The lowest BCUT2D eigenvalue weighted by Gasteiger charge is -2.37. The highest BCUT2D eigenvalue weighted by atomic mass is 16.7. The summed E-state index contributed by atoms with van der Waals surface area (Å²) in [6.07, 6.45) is 7.50. The van der Waals surface area contributed by atoms with Crippen molar-refractivity contribution >= 4 is 0 Å². The van der Waals surface area contributed by atoms with Crippen LogP contribution in [-0.2, 0) is 9.47 Å². The molecular formula is C18H33NO3. The van der Waals surface area contributed by atoms with Crippen molar-refractivity contribution in [3.05, 3.63) is 12.2 Å². The largest absolute Gasteiger partial charge is 0.396 e. The van der Waals surface area contributed by atoms with Gasteiger partial charge in [0.15, 0.2) is 5.79 Å². The van der Waals surface area contributed by atoms with E-state index in [9.17, 15) is 5.11 Å². The Morgan fingerprint density at radius 2 is 2.14 bits per heavy atom. The fraction of sp³-hybridized carbons (Fsp3) is 0.889. The van der Waals surface area contributed by atoms with Crippen LogP contribution in [0.25, 0.3) is 0 Å². The van der Waals surface area contributed by atoms with E-state index in [1.165, 1.54) is 6.42 Å². The highest BCUT2D eigenvalue weighted by Gasteiger charge is 2.43. The first-order valence-corrected chi connectivity index (χ1v) is 8.79. The molecule has 2 aliphatic rings. The number of allylic oxidation sites excluding steroid dienone is 1. The van der Waals surface area contributed by atoms with Crippen molar-refractivity contribution in [2.45, 2.75) is 58.8 Å². The molecule has 22 heavy (non-hydrogen) atoms. The molecule has 3 unspecified atom stereocenters. The molecule has 1 aliphatic carbocycles. The number of nitrogens with zero attached hydrogens (tertiary/aromatic N) is 1. The Bertz CT molecular complexity index is 383. The highest BCUT2D eigenvalue weighted by molar-refractivity contribution is 5.09. The molecule has 2 rings (SSSR count). The second kappa shape index (κ2) is 7.43. The Hall–Kier alpha value is -0.420. The summed E-state index contributed by atoms with van der Waals surface area (Å²) in [5.74, 6) is -0.125. The lowest BCUT2D eigenvalue weighted by molar-refractivity contribution is -0.144. The van der Waals surface area contributed by atoms with E-state index in [0.29, 0.717) is 12.5 Å². The average molecular weight is 311 g/mol. The van der Waals surface area contributed by atoms with E-state index in [-0.39, 0.29) is 18.1 Å². The van der Waals surface area contributed by atoms with Crippen LogP contribution >= 0.6 is 0 Å².